The molecule has 0 bridgehead atoms. The van der Waals surface area contributed by atoms with Crippen molar-refractivity contribution in [2.45, 2.75) is 13.8 Å². The number of nitrogens with one attached hydrogen (secondary N) is 2. The molecule has 0 fully saturated rings. The highest BCUT2D eigenvalue weighted by molar-refractivity contribution is 4.85. The first kappa shape index (κ1) is 16.9. The zero-order chi connectivity index (χ0) is 12.5. The van der Waals surface area contributed by atoms with Crippen LogP contribution in [0.15, 0.2) is 49.1 Å². The summed E-state index contributed by atoms with van der Waals surface area (Å²) in [6.07, 6.45) is 7.50. The van der Waals surface area contributed by atoms with Crippen LogP contribution in [-0.2, 0) is 0 Å². The van der Waals surface area contributed by atoms with Gasteiger partial charge < -0.3 is 20.2 Å². The molecule has 4 N–H and O–H groups in total. The quantitative estimate of drug-likeness (QED) is 0.555. The molecule has 4 nitrogen and oxygen atoms in total. The predicted octanol–water partition coefficient (Wildman–Crippen LogP) is 2.03. The maximum atomic E-state index is 7.57. The van der Waals surface area contributed by atoms with Crippen molar-refractivity contribution in [1.29, 1.82) is 0 Å². The van der Waals surface area contributed by atoms with Crippen molar-refractivity contribution in [1.82, 2.24) is 9.97 Å². The highest BCUT2D eigenvalue weighted by atomic mass is 16.3. The van der Waals surface area contributed by atoms with Crippen LogP contribution in [0.1, 0.15) is 13.8 Å². The van der Waals surface area contributed by atoms with Crippen LogP contribution in [0, 0.1) is 0 Å². The van der Waals surface area contributed by atoms with Gasteiger partial charge in [0.15, 0.2) is 0 Å². The first-order chi connectivity index (χ1) is 7.83. The summed E-state index contributed by atoms with van der Waals surface area (Å²) >= 11 is 0. The minimum atomic E-state index is 0.250. The van der Waals surface area contributed by atoms with E-state index in [-0.39, 0.29) is 13.2 Å². The van der Waals surface area contributed by atoms with Crippen LogP contribution in [0.2, 0.25) is 0 Å². The second-order valence-corrected chi connectivity index (χ2v) is 2.40. The zero-order valence-electron chi connectivity index (χ0n) is 9.93. The van der Waals surface area contributed by atoms with E-state index in [4.69, 9.17) is 10.2 Å². The fraction of sp³-hybridized carbons (Fsp3) is 0.333. The van der Waals surface area contributed by atoms with Crippen molar-refractivity contribution in [3.05, 3.63) is 49.1 Å². The number of rotatable bonds is 0. The van der Waals surface area contributed by atoms with Crippen molar-refractivity contribution in [3.8, 4) is 0 Å². The van der Waals surface area contributed by atoms with E-state index in [1.54, 1.807) is 13.8 Å². The van der Waals surface area contributed by atoms with Gasteiger partial charge in [-0.15, -0.1) is 0 Å². The summed E-state index contributed by atoms with van der Waals surface area (Å²) in [5.74, 6) is 0. The molecular formula is C12H22N2O2. The van der Waals surface area contributed by atoms with Gasteiger partial charge in [-0.2, -0.15) is 0 Å². The summed E-state index contributed by atoms with van der Waals surface area (Å²) < 4.78 is 0. The summed E-state index contributed by atoms with van der Waals surface area (Å²) in [4.78, 5) is 5.72. The summed E-state index contributed by atoms with van der Waals surface area (Å²) in [5, 5.41) is 15.1. The standard InChI is InChI=1S/2C4H5N.2C2H6O/c2*1-2-4-5-3-1;2*1-2-3/h2*1-5H;2*3H,2H2,1H3. The molecular weight excluding hydrogens is 204 g/mol. The molecule has 0 aliphatic heterocycles. The second kappa shape index (κ2) is 19.1. The number of aliphatic hydroxyl groups excluding tert-OH is 2. The molecule has 0 saturated heterocycles. The highest BCUT2D eigenvalue weighted by Gasteiger charge is 1.56. The minimum absolute atomic E-state index is 0.250. The second-order valence-electron chi connectivity index (χ2n) is 2.40. The molecule has 0 radical (unpaired) electrons. The van der Waals surface area contributed by atoms with Crippen molar-refractivity contribution >= 4 is 0 Å². The maximum absolute atomic E-state index is 7.57. The highest BCUT2D eigenvalue weighted by Crippen LogP contribution is 1.72. The third kappa shape index (κ3) is 22.9. The molecule has 0 unspecified atom stereocenters. The molecule has 0 amide bonds. The van der Waals surface area contributed by atoms with Gasteiger partial charge in [0.05, 0.1) is 0 Å². The van der Waals surface area contributed by atoms with Gasteiger partial charge >= 0.3 is 0 Å². The van der Waals surface area contributed by atoms with Crippen molar-refractivity contribution in [3.63, 3.8) is 0 Å². The normalized spacial score (nSPS) is 7.25. The Balaban J connectivity index is 0. The summed E-state index contributed by atoms with van der Waals surface area (Å²) in [7, 11) is 0. The Morgan fingerprint density at radius 1 is 0.688 bits per heavy atom. The van der Waals surface area contributed by atoms with E-state index in [9.17, 15) is 0 Å². The first-order valence-electron chi connectivity index (χ1n) is 5.20. The lowest BCUT2D eigenvalue weighted by atomic mass is 10.7. The van der Waals surface area contributed by atoms with E-state index in [0.717, 1.165) is 0 Å². The molecule has 2 rings (SSSR count). The summed E-state index contributed by atoms with van der Waals surface area (Å²) in [6.45, 7) is 3.86. The first-order valence-corrected chi connectivity index (χ1v) is 5.20. The van der Waals surface area contributed by atoms with Gasteiger partial charge in [-0.1, -0.05) is 0 Å². The number of aromatic amines is 2. The molecule has 0 atom stereocenters. The van der Waals surface area contributed by atoms with Crippen molar-refractivity contribution < 1.29 is 10.2 Å². The Labute approximate surface area is 97.0 Å². The number of hydrogen-bond acceptors (Lipinski definition) is 2. The van der Waals surface area contributed by atoms with Gasteiger partial charge in [0.1, 0.15) is 0 Å². The Kier molecular flexibility index (Phi) is 20.2. The number of aromatic nitrogens is 2. The van der Waals surface area contributed by atoms with E-state index in [1.807, 2.05) is 49.1 Å². The molecule has 2 heterocycles. The fourth-order valence-corrected chi connectivity index (χ4v) is 0.556. The van der Waals surface area contributed by atoms with Crippen LogP contribution < -0.4 is 0 Å². The minimum Gasteiger partial charge on any atom is -0.397 e. The topological polar surface area (TPSA) is 72.0 Å². The Hall–Kier alpha value is -1.52. The lowest BCUT2D eigenvalue weighted by Gasteiger charge is -1.52. The molecule has 0 aliphatic carbocycles. The van der Waals surface area contributed by atoms with Gasteiger partial charge in [0, 0.05) is 38.0 Å². The Bertz CT molecular complexity index is 179. The van der Waals surface area contributed by atoms with Crippen molar-refractivity contribution in [2.75, 3.05) is 13.2 Å². The third-order valence-corrected chi connectivity index (χ3v) is 0.992. The van der Waals surface area contributed by atoms with Gasteiger partial charge in [-0.05, 0) is 38.1 Å². The van der Waals surface area contributed by atoms with Crippen LogP contribution in [0.3, 0.4) is 0 Å². The van der Waals surface area contributed by atoms with Gasteiger partial charge in [-0.3, -0.25) is 0 Å². The SMILES string of the molecule is CCO.CCO.c1cc[nH]c1.c1cc[nH]c1. The van der Waals surface area contributed by atoms with E-state index in [2.05, 4.69) is 9.97 Å². The molecule has 4 heteroatoms. The molecule has 2 aromatic rings. The number of H-pyrrole nitrogens is 2. The summed E-state index contributed by atoms with van der Waals surface area (Å²) in [6, 6.07) is 7.78. The molecule has 0 spiro atoms. The smallest absolute Gasteiger partial charge is 0.0402 e. The molecule has 16 heavy (non-hydrogen) atoms. The summed E-state index contributed by atoms with van der Waals surface area (Å²) in [5.41, 5.74) is 0. The largest absolute Gasteiger partial charge is 0.397 e. The van der Waals surface area contributed by atoms with Gasteiger partial charge in [0.2, 0.25) is 0 Å². The van der Waals surface area contributed by atoms with Crippen LogP contribution >= 0.6 is 0 Å². The monoisotopic (exact) mass is 226 g/mol. The van der Waals surface area contributed by atoms with Crippen molar-refractivity contribution in [2.24, 2.45) is 0 Å². The molecule has 2 aromatic heterocycles. The van der Waals surface area contributed by atoms with Crippen LogP contribution in [0.25, 0.3) is 0 Å². The lowest BCUT2D eigenvalue weighted by Crippen LogP contribution is -1.57. The van der Waals surface area contributed by atoms with Crippen LogP contribution in [0.4, 0.5) is 0 Å². The number of aliphatic hydroxyl groups is 2. The van der Waals surface area contributed by atoms with E-state index in [0.29, 0.717) is 0 Å². The van der Waals surface area contributed by atoms with Crippen LogP contribution in [0.5, 0.6) is 0 Å². The fourth-order valence-electron chi connectivity index (χ4n) is 0.556. The average molecular weight is 226 g/mol. The van der Waals surface area contributed by atoms with Crippen LogP contribution in [-0.4, -0.2) is 33.4 Å². The zero-order valence-corrected chi connectivity index (χ0v) is 9.93. The molecule has 0 aromatic carbocycles. The third-order valence-electron chi connectivity index (χ3n) is 0.992. The van der Waals surface area contributed by atoms with Gasteiger partial charge in [0.25, 0.3) is 0 Å². The van der Waals surface area contributed by atoms with Gasteiger partial charge in [-0.25, -0.2) is 0 Å². The lowest BCUT2D eigenvalue weighted by molar-refractivity contribution is 0.318. The molecule has 92 valence electrons. The Morgan fingerprint density at radius 2 is 0.875 bits per heavy atom. The van der Waals surface area contributed by atoms with E-state index >= 15 is 0 Å². The maximum Gasteiger partial charge on any atom is 0.0402 e. The van der Waals surface area contributed by atoms with E-state index < -0.39 is 0 Å². The average Bonchev–Trinajstić information content (AvgIpc) is 3.00. The Morgan fingerprint density at radius 3 is 0.938 bits per heavy atom. The molecule has 0 aliphatic rings. The van der Waals surface area contributed by atoms with E-state index in [1.165, 1.54) is 0 Å². The predicted molar refractivity (Wildman–Crippen MR) is 67.1 cm³/mol. The molecule has 0 saturated carbocycles. The number of hydrogen-bond donors (Lipinski definition) is 4.